The predicted octanol–water partition coefficient (Wildman–Crippen LogP) is 2.27. The van der Waals surface area contributed by atoms with Gasteiger partial charge >= 0.3 is 0 Å². The van der Waals surface area contributed by atoms with Crippen LogP contribution in [0.1, 0.15) is 30.4 Å². The van der Waals surface area contributed by atoms with Crippen LogP contribution in [0.3, 0.4) is 0 Å². The highest BCUT2D eigenvalue weighted by atomic mass is 16.5. The molecular formula is C17H21N5O2. The maximum absolute atomic E-state index is 5.76. The zero-order chi connectivity index (χ0) is 16.4. The Kier molecular flexibility index (Phi) is 4.27. The number of hydrogen-bond acceptors (Lipinski definition) is 7. The summed E-state index contributed by atoms with van der Waals surface area (Å²) in [6, 6.07) is 8.27. The molecule has 24 heavy (non-hydrogen) atoms. The van der Waals surface area contributed by atoms with Crippen molar-refractivity contribution in [2.45, 2.75) is 38.9 Å². The minimum atomic E-state index is 0.418. The first-order valence-corrected chi connectivity index (χ1v) is 8.35. The van der Waals surface area contributed by atoms with E-state index < -0.39 is 0 Å². The lowest BCUT2D eigenvalue weighted by Crippen LogP contribution is -2.45. The fourth-order valence-electron chi connectivity index (χ4n) is 3.20. The lowest BCUT2D eigenvalue weighted by Gasteiger charge is -2.32. The Morgan fingerprint density at radius 3 is 3.04 bits per heavy atom. The van der Waals surface area contributed by atoms with Crippen LogP contribution < -0.4 is 5.32 Å². The topological polar surface area (TPSA) is 80.2 Å². The maximum Gasteiger partial charge on any atom is 0.223 e. The molecule has 0 bridgehead atoms. The van der Waals surface area contributed by atoms with Crippen LogP contribution in [0.5, 0.6) is 0 Å². The fraction of sp³-hybridized carbons (Fsp3) is 0.471. The van der Waals surface area contributed by atoms with Crippen molar-refractivity contribution in [3.05, 3.63) is 41.9 Å². The highest BCUT2D eigenvalue weighted by Gasteiger charge is 2.21. The average Bonchev–Trinajstić information content (AvgIpc) is 3.19. The maximum atomic E-state index is 5.76. The normalized spacial score (nSPS) is 19.1. The molecule has 0 amide bonds. The molecule has 1 aromatic carbocycles. The molecule has 7 heteroatoms. The van der Waals surface area contributed by atoms with Crippen LogP contribution in [0.4, 0.5) is 0 Å². The molecule has 1 aliphatic heterocycles. The van der Waals surface area contributed by atoms with Crippen LogP contribution in [0.15, 0.2) is 33.2 Å². The van der Waals surface area contributed by atoms with Crippen LogP contribution >= 0.6 is 0 Å². The summed E-state index contributed by atoms with van der Waals surface area (Å²) in [4.78, 5) is 11.2. The molecule has 3 heterocycles. The highest BCUT2D eigenvalue weighted by molar-refractivity contribution is 5.72. The van der Waals surface area contributed by atoms with Gasteiger partial charge in [0.25, 0.3) is 0 Å². The molecule has 0 radical (unpaired) electrons. The summed E-state index contributed by atoms with van der Waals surface area (Å²) in [7, 11) is 0. The van der Waals surface area contributed by atoms with Crippen LogP contribution in [0.25, 0.3) is 11.1 Å². The molecule has 3 aromatic rings. The highest BCUT2D eigenvalue weighted by Crippen LogP contribution is 2.16. The van der Waals surface area contributed by atoms with E-state index in [1.54, 1.807) is 0 Å². The Morgan fingerprint density at radius 2 is 2.21 bits per heavy atom. The standard InChI is InChI=1S/C17H21N5O2/c1-12-19-16(21-24-12)11-22-8-4-5-13(10-22)18-9-17-20-14-6-2-3-7-15(14)23-17/h2-3,6-7,13,18H,4-5,8-11H2,1H3/t13-/m0/s1. The van der Waals surface area contributed by atoms with E-state index in [2.05, 4.69) is 25.3 Å². The molecule has 0 aliphatic carbocycles. The van der Waals surface area contributed by atoms with Gasteiger partial charge in [0.2, 0.25) is 11.8 Å². The largest absolute Gasteiger partial charge is 0.439 e. The van der Waals surface area contributed by atoms with Crippen molar-refractivity contribution in [1.29, 1.82) is 0 Å². The van der Waals surface area contributed by atoms with Crippen LogP contribution in [0.2, 0.25) is 0 Å². The first kappa shape index (κ1) is 15.3. The smallest absolute Gasteiger partial charge is 0.223 e. The summed E-state index contributed by atoms with van der Waals surface area (Å²) in [6.45, 7) is 5.23. The Bertz CT molecular complexity index is 779. The summed E-state index contributed by atoms with van der Waals surface area (Å²) in [6.07, 6.45) is 2.31. The van der Waals surface area contributed by atoms with Gasteiger partial charge in [-0.05, 0) is 31.5 Å². The number of nitrogens with one attached hydrogen (secondary N) is 1. The third-order valence-electron chi connectivity index (χ3n) is 4.32. The van der Waals surface area contributed by atoms with E-state index in [1.807, 2.05) is 31.2 Å². The summed E-state index contributed by atoms with van der Waals surface area (Å²) in [5, 5.41) is 7.54. The monoisotopic (exact) mass is 327 g/mol. The number of aromatic nitrogens is 3. The van der Waals surface area contributed by atoms with Gasteiger partial charge in [-0.25, -0.2) is 4.98 Å². The molecule has 2 aromatic heterocycles. The number of rotatable bonds is 5. The second-order valence-electron chi connectivity index (χ2n) is 6.26. The third kappa shape index (κ3) is 3.47. The minimum Gasteiger partial charge on any atom is -0.439 e. The van der Waals surface area contributed by atoms with Crippen molar-refractivity contribution >= 4 is 11.1 Å². The van der Waals surface area contributed by atoms with E-state index in [4.69, 9.17) is 8.94 Å². The van der Waals surface area contributed by atoms with Gasteiger partial charge in [-0.15, -0.1) is 0 Å². The van der Waals surface area contributed by atoms with Crippen LogP contribution in [0, 0.1) is 6.92 Å². The second-order valence-corrected chi connectivity index (χ2v) is 6.26. The number of fused-ring (bicyclic) bond motifs is 1. The molecule has 1 N–H and O–H groups in total. The first-order valence-electron chi connectivity index (χ1n) is 8.35. The summed E-state index contributed by atoms with van der Waals surface area (Å²) < 4.78 is 10.8. The Hall–Kier alpha value is -2.25. The Morgan fingerprint density at radius 1 is 1.29 bits per heavy atom. The molecule has 1 saturated heterocycles. The molecule has 1 atom stereocenters. The Labute approximate surface area is 140 Å². The average molecular weight is 327 g/mol. The summed E-state index contributed by atoms with van der Waals surface area (Å²) in [5.41, 5.74) is 1.75. The molecule has 7 nitrogen and oxygen atoms in total. The number of aryl methyl sites for hydroxylation is 1. The van der Waals surface area contributed by atoms with Gasteiger partial charge in [0, 0.05) is 19.5 Å². The van der Waals surface area contributed by atoms with Crippen molar-refractivity contribution in [2.24, 2.45) is 0 Å². The number of para-hydroxylation sites is 2. The zero-order valence-electron chi connectivity index (χ0n) is 13.7. The second kappa shape index (κ2) is 6.70. The number of nitrogens with zero attached hydrogens (tertiary/aromatic N) is 4. The Balaban J connectivity index is 1.32. The molecule has 4 rings (SSSR count). The third-order valence-corrected chi connectivity index (χ3v) is 4.32. The van der Waals surface area contributed by atoms with Gasteiger partial charge in [0.15, 0.2) is 11.4 Å². The lowest BCUT2D eigenvalue weighted by atomic mass is 10.1. The van der Waals surface area contributed by atoms with Crippen molar-refractivity contribution in [2.75, 3.05) is 13.1 Å². The number of hydrogen-bond donors (Lipinski definition) is 1. The molecule has 0 saturated carbocycles. The van der Waals surface area contributed by atoms with Crippen molar-refractivity contribution in [1.82, 2.24) is 25.3 Å². The van der Waals surface area contributed by atoms with Crippen LogP contribution in [-0.4, -0.2) is 39.2 Å². The van der Waals surface area contributed by atoms with E-state index in [9.17, 15) is 0 Å². The van der Waals surface area contributed by atoms with Gasteiger partial charge < -0.3 is 14.3 Å². The molecule has 126 valence electrons. The van der Waals surface area contributed by atoms with E-state index >= 15 is 0 Å². The number of likely N-dealkylation sites (tertiary alicyclic amines) is 1. The predicted molar refractivity (Wildman–Crippen MR) is 88.2 cm³/mol. The summed E-state index contributed by atoms with van der Waals surface area (Å²) >= 11 is 0. The van der Waals surface area contributed by atoms with Gasteiger partial charge in [-0.3, -0.25) is 4.90 Å². The SMILES string of the molecule is Cc1nc(CN2CCC[C@H](NCc3nc4ccccc4o3)C2)no1. The van der Waals surface area contributed by atoms with E-state index in [-0.39, 0.29) is 0 Å². The van der Waals surface area contributed by atoms with Gasteiger partial charge in [-0.1, -0.05) is 17.3 Å². The molecule has 1 fully saturated rings. The van der Waals surface area contributed by atoms with Gasteiger partial charge in [-0.2, -0.15) is 4.98 Å². The first-order chi connectivity index (χ1) is 11.8. The molecule has 0 unspecified atom stereocenters. The molecule has 0 spiro atoms. The quantitative estimate of drug-likeness (QED) is 0.770. The van der Waals surface area contributed by atoms with Crippen molar-refractivity contribution in [3.8, 4) is 0 Å². The number of piperidine rings is 1. The van der Waals surface area contributed by atoms with Gasteiger partial charge in [0.1, 0.15) is 5.52 Å². The minimum absolute atomic E-state index is 0.418. The molecule has 1 aliphatic rings. The van der Waals surface area contributed by atoms with E-state index in [1.165, 1.54) is 0 Å². The van der Waals surface area contributed by atoms with Crippen molar-refractivity contribution < 1.29 is 8.94 Å². The lowest BCUT2D eigenvalue weighted by molar-refractivity contribution is 0.175. The summed E-state index contributed by atoms with van der Waals surface area (Å²) in [5.74, 6) is 2.11. The zero-order valence-corrected chi connectivity index (χ0v) is 13.7. The van der Waals surface area contributed by atoms with E-state index in [0.717, 1.165) is 55.3 Å². The molecular weight excluding hydrogens is 306 g/mol. The number of benzene rings is 1. The van der Waals surface area contributed by atoms with Crippen molar-refractivity contribution in [3.63, 3.8) is 0 Å². The fourth-order valence-corrected chi connectivity index (χ4v) is 3.20. The van der Waals surface area contributed by atoms with Crippen LogP contribution in [-0.2, 0) is 13.1 Å². The number of oxazole rings is 1. The van der Waals surface area contributed by atoms with E-state index in [0.29, 0.717) is 18.5 Å². The van der Waals surface area contributed by atoms with Gasteiger partial charge in [0.05, 0.1) is 13.1 Å².